The Morgan fingerprint density at radius 1 is 0.735 bits per heavy atom. The monoisotopic (exact) mass is 957 g/mol. The van der Waals surface area contributed by atoms with Crippen LogP contribution in [0.4, 0.5) is 0 Å². The fourth-order valence-electron chi connectivity index (χ4n) is 10.1. The molecule has 68 heavy (non-hydrogen) atoms. The van der Waals surface area contributed by atoms with Gasteiger partial charge in [-0.3, -0.25) is 14.3 Å². The maximum Gasteiger partial charge on any atom is 0.330 e. The van der Waals surface area contributed by atoms with Crippen LogP contribution in [0.1, 0.15) is 41.3 Å². The normalized spacial score (nSPS) is 22.9. The molecule has 1 aromatic heterocycles. The molecule has 0 saturated carbocycles. The van der Waals surface area contributed by atoms with Gasteiger partial charge in [-0.15, -0.1) is 0 Å². The van der Waals surface area contributed by atoms with Crippen LogP contribution in [0, 0.1) is 6.92 Å². The predicted octanol–water partition coefficient (Wildman–Crippen LogP) is 7.17. The summed E-state index contributed by atoms with van der Waals surface area (Å²) in [6.07, 6.45) is -0.0708. The molecule has 6 aromatic rings. The summed E-state index contributed by atoms with van der Waals surface area (Å²) in [6.45, 7) is 5.37. The van der Waals surface area contributed by atoms with Crippen molar-refractivity contribution < 1.29 is 37.5 Å². The molecule has 0 bridgehead atoms. The summed E-state index contributed by atoms with van der Waals surface area (Å²) in [5.74, 6) is 1.40. The highest BCUT2D eigenvalue weighted by molar-refractivity contribution is 7.45. The van der Waals surface area contributed by atoms with E-state index in [0.29, 0.717) is 17.1 Å². The number of hydrogen-bond donors (Lipinski definition) is 1. The topological polar surface area (TPSA) is 132 Å². The first kappa shape index (κ1) is 47.8. The molecule has 0 amide bonds. The maximum absolute atomic E-state index is 13.8. The molecule has 0 spiro atoms. The van der Waals surface area contributed by atoms with Crippen LogP contribution in [-0.2, 0) is 33.6 Å². The zero-order valence-corrected chi connectivity index (χ0v) is 41.1. The lowest BCUT2D eigenvalue weighted by atomic mass is 9.80. The SMILES string of the molecule is COCCOC1[C@@H](O[P@]2O[C@@H](C[Si](C)(c3ccccc3)c3ccccc3)[C@H]3CCCN32)[C@@H](COC(c2ccccc2)(c2ccc(OC)cc2)c2ccc(OC)cc2)O[C@H]1n1cc(C)c(=O)[nH]c1=O. The van der Waals surface area contributed by atoms with Gasteiger partial charge in [-0.05, 0) is 66.8 Å². The van der Waals surface area contributed by atoms with Crippen molar-refractivity contribution in [3.05, 3.63) is 189 Å². The minimum Gasteiger partial charge on any atom is -0.497 e. The summed E-state index contributed by atoms with van der Waals surface area (Å²) in [4.78, 5) is 29.0. The fraction of sp³-hybridized carbons (Fsp3) is 0.358. The standard InChI is InChI=1S/C53H60N3O10PSi/c1-37-34-55(52(58)54-50(37)57)51-49(62-33-32-59-2)48(66-67-56-31-15-22-45(56)47(65-67)36-68(5,43-18-11-7-12-19-43)44-20-13-8-14-21-44)46(64-51)35-63-53(38-16-9-6-10-17-38,39-23-27-41(60-3)28-24-39)40-25-29-42(61-4)30-26-40/h6-14,16-21,23-30,34,45-49,51H,15,22,31-33,35-36H2,1-5H3,(H,54,57,58)/t45-,46-,47+,48+,49?,51-,67+/m1/s1. The Hall–Kier alpha value is -5.25. The molecular formula is C53H60N3O10PSi. The van der Waals surface area contributed by atoms with Crippen molar-refractivity contribution in [1.29, 1.82) is 0 Å². The predicted molar refractivity (Wildman–Crippen MR) is 265 cm³/mol. The number of methoxy groups -OCH3 is 3. The molecule has 356 valence electrons. The van der Waals surface area contributed by atoms with Crippen LogP contribution in [0.2, 0.25) is 12.6 Å². The Bertz CT molecular complexity index is 2610. The third-order valence-electron chi connectivity index (χ3n) is 13.7. The quantitative estimate of drug-likeness (QED) is 0.0384. The van der Waals surface area contributed by atoms with Crippen molar-refractivity contribution in [3.8, 4) is 11.5 Å². The summed E-state index contributed by atoms with van der Waals surface area (Å²) >= 11 is 0. The number of ether oxygens (including phenoxy) is 6. The molecule has 3 fully saturated rings. The van der Waals surface area contributed by atoms with E-state index in [0.717, 1.165) is 42.1 Å². The highest BCUT2D eigenvalue weighted by Crippen LogP contribution is 2.59. The van der Waals surface area contributed by atoms with Crippen LogP contribution in [0.25, 0.3) is 0 Å². The van der Waals surface area contributed by atoms with Crippen molar-refractivity contribution in [3.63, 3.8) is 0 Å². The van der Waals surface area contributed by atoms with Crippen molar-refractivity contribution in [2.75, 3.05) is 47.7 Å². The second kappa shape index (κ2) is 21.2. The summed E-state index contributed by atoms with van der Waals surface area (Å²) in [5.41, 5.74) is 0.616. The van der Waals surface area contributed by atoms with Crippen LogP contribution in [0.15, 0.2) is 155 Å². The van der Waals surface area contributed by atoms with Gasteiger partial charge < -0.3 is 37.5 Å². The number of benzene rings is 5. The molecule has 1 unspecified atom stereocenters. The van der Waals surface area contributed by atoms with Gasteiger partial charge >= 0.3 is 5.69 Å². The highest BCUT2D eigenvalue weighted by Gasteiger charge is 2.55. The van der Waals surface area contributed by atoms with Crippen LogP contribution in [0.5, 0.6) is 11.5 Å². The summed E-state index contributed by atoms with van der Waals surface area (Å²) in [6, 6.07) is 48.5. The van der Waals surface area contributed by atoms with Gasteiger partial charge in [0, 0.05) is 31.5 Å². The maximum atomic E-state index is 13.8. The molecule has 9 rings (SSSR count). The third-order valence-corrected chi connectivity index (χ3v) is 19.9. The molecule has 3 saturated heterocycles. The van der Waals surface area contributed by atoms with E-state index in [2.05, 4.69) is 76.9 Å². The van der Waals surface area contributed by atoms with Gasteiger partial charge in [-0.2, -0.15) is 0 Å². The number of aromatic nitrogens is 2. The molecule has 4 heterocycles. The Morgan fingerprint density at radius 2 is 1.31 bits per heavy atom. The lowest BCUT2D eigenvalue weighted by Gasteiger charge is -2.37. The van der Waals surface area contributed by atoms with E-state index in [9.17, 15) is 9.59 Å². The van der Waals surface area contributed by atoms with Gasteiger partial charge in [0.15, 0.2) is 6.23 Å². The van der Waals surface area contributed by atoms with E-state index < -0.39 is 58.0 Å². The van der Waals surface area contributed by atoms with E-state index in [4.69, 9.17) is 37.5 Å². The van der Waals surface area contributed by atoms with Crippen LogP contribution < -0.4 is 31.1 Å². The summed E-state index contributed by atoms with van der Waals surface area (Å²) in [7, 11) is 0.916. The number of hydrogen-bond acceptors (Lipinski definition) is 11. The molecule has 0 aliphatic carbocycles. The first-order valence-electron chi connectivity index (χ1n) is 23.2. The van der Waals surface area contributed by atoms with Gasteiger partial charge in [0.2, 0.25) is 0 Å². The molecular weight excluding hydrogens is 898 g/mol. The molecule has 15 heteroatoms. The van der Waals surface area contributed by atoms with Gasteiger partial charge in [0.05, 0.1) is 40.1 Å². The van der Waals surface area contributed by atoms with Crippen LogP contribution >= 0.6 is 8.53 Å². The Kier molecular flexibility index (Phi) is 14.9. The van der Waals surface area contributed by atoms with E-state index in [1.54, 1.807) is 28.3 Å². The van der Waals surface area contributed by atoms with Crippen molar-refractivity contribution in [1.82, 2.24) is 14.2 Å². The Labute approximate surface area is 399 Å². The van der Waals surface area contributed by atoms with Gasteiger partial charge in [-0.25, -0.2) is 9.46 Å². The number of aromatic amines is 1. The Morgan fingerprint density at radius 3 is 1.88 bits per heavy atom. The second-order valence-corrected chi connectivity index (χ2v) is 23.4. The minimum atomic E-state index is -2.33. The minimum absolute atomic E-state index is 0.0155. The van der Waals surface area contributed by atoms with E-state index >= 15 is 0 Å². The second-order valence-electron chi connectivity index (χ2n) is 17.8. The molecule has 3 aliphatic rings. The fourth-order valence-corrected chi connectivity index (χ4v) is 16.1. The number of aryl methyl sites for hydroxylation is 1. The van der Waals surface area contributed by atoms with E-state index in [1.807, 2.05) is 78.9 Å². The number of nitrogens with one attached hydrogen (secondary N) is 1. The first-order chi connectivity index (χ1) is 33.2. The van der Waals surface area contributed by atoms with Gasteiger partial charge in [0.1, 0.15) is 43.5 Å². The van der Waals surface area contributed by atoms with Crippen molar-refractivity contribution >= 4 is 27.0 Å². The third kappa shape index (κ3) is 9.54. The van der Waals surface area contributed by atoms with Crippen LogP contribution in [-0.4, -0.2) is 100 Å². The van der Waals surface area contributed by atoms with Gasteiger partial charge in [-0.1, -0.05) is 132 Å². The lowest BCUT2D eigenvalue weighted by molar-refractivity contribution is -0.0991. The molecule has 0 radical (unpaired) electrons. The average molecular weight is 958 g/mol. The molecule has 7 atom stereocenters. The van der Waals surface area contributed by atoms with Gasteiger partial charge in [0.25, 0.3) is 14.1 Å². The smallest absolute Gasteiger partial charge is 0.330 e. The summed E-state index contributed by atoms with van der Waals surface area (Å²) < 4.78 is 56.3. The average Bonchev–Trinajstić information content (AvgIpc) is 4.09. The molecule has 13 nitrogen and oxygen atoms in total. The van der Waals surface area contributed by atoms with E-state index in [1.165, 1.54) is 21.1 Å². The van der Waals surface area contributed by atoms with Crippen molar-refractivity contribution in [2.45, 2.75) is 74.6 Å². The Balaban J connectivity index is 1.12. The number of rotatable bonds is 19. The summed E-state index contributed by atoms with van der Waals surface area (Å²) in [5, 5.41) is 2.70. The number of H-pyrrole nitrogens is 1. The number of fused-ring (bicyclic) bond motifs is 1. The van der Waals surface area contributed by atoms with Crippen molar-refractivity contribution in [2.24, 2.45) is 0 Å². The molecule has 3 aliphatic heterocycles. The zero-order chi connectivity index (χ0) is 47.3. The number of nitrogens with zero attached hydrogens (tertiary/aromatic N) is 2. The first-order valence-corrected chi connectivity index (χ1v) is 27.1. The lowest BCUT2D eigenvalue weighted by Crippen LogP contribution is -2.58. The van der Waals surface area contributed by atoms with E-state index in [-0.39, 0.29) is 32.0 Å². The van der Waals surface area contributed by atoms with Crippen LogP contribution in [0.3, 0.4) is 0 Å². The molecule has 5 aromatic carbocycles. The highest BCUT2D eigenvalue weighted by atomic mass is 31.2. The zero-order valence-electron chi connectivity index (χ0n) is 39.2. The largest absolute Gasteiger partial charge is 0.497 e. The molecule has 1 N–H and O–H groups in total.